The van der Waals surface area contributed by atoms with E-state index >= 15 is 0 Å². The third-order valence-corrected chi connectivity index (χ3v) is 7.34. The molecule has 0 amide bonds. The molecule has 0 bridgehead atoms. The second-order valence-electron chi connectivity index (χ2n) is 11.2. The van der Waals surface area contributed by atoms with Crippen LogP contribution in [0.25, 0.3) is 0 Å². The van der Waals surface area contributed by atoms with Gasteiger partial charge in [0.1, 0.15) is 0 Å². The van der Waals surface area contributed by atoms with Gasteiger partial charge in [-0.05, 0) is 18.8 Å². The summed E-state index contributed by atoms with van der Waals surface area (Å²) in [5.74, 6) is 0.185. The molecule has 0 heterocycles. The Kier molecular flexibility index (Phi) is 25.7. The predicted molar refractivity (Wildman–Crippen MR) is 147 cm³/mol. The summed E-state index contributed by atoms with van der Waals surface area (Å²) in [6.07, 6.45) is 32.6. The van der Waals surface area contributed by atoms with E-state index in [1.165, 1.54) is 135 Å². The fraction of sp³-hybridized carbons (Fsp3) is 0.968. The molecule has 1 atom stereocenters. The molecule has 0 aromatic heterocycles. The molecule has 0 saturated heterocycles. The summed E-state index contributed by atoms with van der Waals surface area (Å²) in [7, 11) is 0. The van der Waals surface area contributed by atoms with Crippen molar-refractivity contribution in [2.45, 2.75) is 181 Å². The molecule has 0 rings (SSSR count). The van der Waals surface area contributed by atoms with Crippen LogP contribution in [0.15, 0.2) is 0 Å². The van der Waals surface area contributed by atoms with Crippen molar-refractivity contribution < 1.29 is 9.90 Å². The number of carboxylic acids is 1. The molecule has 0 saturated carbocycles. The van der Waals surface area contributed by atoms with E-state index in [1.54, 1.807) is 0 Å². The highest BCUT2D eigenvalue weighted by Crippen LogP contribution is 2.20. The van der Waals surface area contributed by atoms with E-state index in [0.29, 0.717) is 0 Å². The number of hydrogen-bond donors (Lipinski definition) is 1. The third-order valence-electron chi connectivity index (χ3n) is 7.34. The van der Waals surface area contributed by atoms with E-state index in [0.717, 1.165) is 31.6 Å². The Hall–Kier alpha value is -0.530. The summed E-state index contributed by atoms with van der Waals surface area (Å²) in [4.78, 5) is 11.6. The lowest BCUT2D eigenvalue weighted by molar-refractivity contribution is -0.142. The van der Waals surface area contributed by atoms with E-state index in [9.17, 15) is 9.90 Å². The van der Waals surface area contributed by atoms with Gasteiger partial charge in [0, 0.05) is 0 Å². The summed E-state index contributed by atoms with van der Waals surface area (Å²) >= 11 is 0. The van der Waals surface area contributed by atoms with Crippen molar-refractivity contribution in [1.82, 2.24) is 0 Å². The predicted octanol–water partition coefficient (Wildman–Crippen LogP) is 11.1. The number of unbranched alkanes of at least 4 members (excludes halogenated alkanes) is 20. The monoisotopic (exact) mass is 466 g/mol. The van der Waals surface area contributed by atoms with Crippen LogP contribution in [0.3, 0.4) is 0 Å². The fourth-order valence-electron chi connectivity index (χ4n) is 4.98. The van der Waals surface area contributed by atoms with Gasteiger partial charge < -0.3 is 5.11 Å². The average Bonchev–Trinajstić information content (AvgIpc) is 2.78. The van der Waals surface area contributed by atoms with Crippen molar-refractivity contribution in [2.75, 3.05) is 0 Å². The van der Waals surface area contributed by atoms with Crippen molar-refractivity contribution in [2.24, 2.45) is 11.8 Å². The van der Waals surface area contributed by atoms with Crippen LogP contribution in [0.4, 0.5) is 0 Å². The van der Waals surface area contributed by atoms with Crippen LogP contribution in [0.1, 0.15) is 181 Å². The average molecular weight is 467 g/mol. The zero-order valence-electron chi connectivity index (χ0n) is 23.2. The summed E-state index contributed by atoms with van der Waals surface area (Å²) in [6.45, 7) is 6.90. The molecule has 33 heavy (non-hydrogen) atoms. The van der Waals surface area contributed by atoms with Crippen molar-refractivity contribution in [3.63, 3.8) is 0 Å². The highest BCUT2D eigenvalue weighted by Gasteiger charge is 2.16. The molecular formula is C31H62O2. The summed E-state index contributed by atoms with van der Waals surface area (Å²) < 4.78 is 0. The molecule has 0 aliphatic heterocycles. The Bertz CT molecular complexity index is 390. The van der Waals surface area contributed by atoms with Gasteiger partial charge in [-0.25, -0.2) is 0 Å². The van der Waals surface area contributed by atoms with Crippen LogP contribution in [-0.2, 0) is 4.79 Å². The first-order valence-electron chi connectivity index (χ1n) is 15.3. The van der Waals surface area contributed by atoms with Crippen molar-refractivity contribution in [1.29, 1.82) is 0 Å². The van der Waals surface area contributed by atoms with Gasteiger partial charge in [0.05, 0.1) is 5.92 Å². The molecule has 198 valence electrons. The van der Waals surface area contributed by atoms with Gasteiger partial charge in [0.15, 0.2) is 0 Å². The number of carboxylic acid groups (broad SMARTS) is 1. The molecule has 0 aliphatic rings. The summed E-state index contributed by atoms with van der Waals surface area (Å²) in [5.41, 5.74) is 0. The van der Waals surface area contributed by atoms with Crippen LogP contribution in [-0.4, -0.2) is 11.1 Å². The standard InChI is InChI=1S/C31H62O2/c1-4-5-6-7-8-9-10-11-12-13-14-18-21-24-27-30(31(32)33)28-25-22-19-16-15-17-20-23-26-29(2)3/h29-30H,4-28H2,1-3H3,(H,32,33). The molecule has 0 radical (unpaired) electrons. The summed E-state index contributed by atoms with van der Waals surface area (Å²) in [5, 5.41) is 9.54. The third kappa shape index (κ3) is 25.9. The molecular weight excluding hydrogens is 404 g/mol. The minimum absolute atomic E-state index is 0.0987. The smallest absolute Gasteiger partial charge is 0.306 e. The molecule has 1 N–H and O–H groups in total. The normalized spacial score (nSPS) is 12.5. The maximum absolute atomic E-state index is 11.6. The Morgan fingerprint density at radius 1 is 0.485 bits per heavy atom. The molecule has 0 aliphatic carbocycles. The first-order chi connectivity index (χ1) is 16.1. The van der Waals surface area contributed by atoms with Crippen molar-refractivity contribution in [3.8, 4) is 0 Å². The first-order valence-corrected chi connectivity index (χ1v) is 15.3. The number of rotatable bonds is 27. The Morgan fingerprint density at radius 3 is 1.03 bits per heavy atom. The van der Waals surface area contributed by atoms with E-state index in [4.69, 9.17) is 0 Å². The van der Waals surface area contributed by atoms with Gasteiger partial charge >= 0.3 is 5.97 Å². The van der Waals surface area contributed by atoms with Crippen LogP contribution >= 0.6 is 0 Å². The Balaban J connectivity index is 3.42. The van der Waals surface area contributed by atoms with Gasteiger partial charge in [-0.3, -0.25) is 4.79 Å². The fourth-order valence-corrected chi connectivity index (χ4v) is 4.98. The van der Waals surface area contributed by atoms with Crippen LogP contribution < -0.4 is 0 Å². The van der Waals surface area contributed by atoms with Crippen molar-refractivity contribution >= 4 is 5.97 Å². The molecule has 0 fully saturated rings. The SMILES string of the molecule is CCCCCCCCCCCCCCCCC(CCCCCCCCCCC(C)C)C(=O)O. The Morgan fingerprint density at radius 2 is 0.758 bits per heavy atom. The van der Waals surface area contributed by atoms with Crippen LogP contribution in [0.2, 0.25) is 0 Å². The lowest BCUT2D eigenvalue weighted by atomic mass is 9.94. The minimum Gasteiger partial charge on any atom is -0.481 e. The molecule has 2 heteroatoms. The zero-order chi connectivity index (χ0) is 24.4. The van der Waals surface area contributed by atoms with Gasteiger partial charge in [0.2, 0.25) is 0 Å². The molecule has 0 aromatic rings. The maximum atomic E-state index is 11.6. The highest BCUT2D eigenvalue weighted by atomic mass is 16.4. The Labute approximate surface area is 209 Å². The largest absolute Gasteiger partial charge is 0.481 e. The van der Waals surface area contributed by atoms with E-state index in [2.05, 4.69) is 20.8 Å². The van der Waals surface area contributed by atoms with E-state index in [-0.39, 0.29) is 5.92 Å². The van der Waals surface area contributed by atoms with Gasteiger partial charge in [0.25, 0.3) is 0 Å². The number of hydrogen-bond acceptors (Lipinski definition) is 1. The quantitative estimate of drug-likeness (QED) is 0.122. The second kappa shape index (κ2) is 26.1. The molecule has 0 spiro atoms. The maximum Gasteiger partial charge on any atom is 0.306 e. The highest BCUT2D eigenvalue weighted by molar-refractivity contribution is 5.69. The lowest BCUT2D eigenvalue weighted by Gasteiger charge is -2.12. The van der Waals surface area contributed by atoms with E-state index < -0.39 is 5.97 Å². The van der Waals surface area contributed by atoms with E-state index in [1.807, 2.05) is 0 Å². The topological polar surface area (TPSA) is 37.3 Å². The molecule has 0 aromatic carbocycles. The number of carbonyl (C=O) groups is 1. The minimum atomic E-state index is -0.560. The van der Waals surface area contributed by atoms with Crippen LogP contribution in [0.5, 0.6) is 0 Å². The first kappa shape index (κ1) is 32.5. The van der Waals surface area contributed by atoms with Gasteiger partial charge in [-0.1, -0.05) is 168 Å². The lowest BCUT2D eigenvalue weighted by Crippen LogP contribution is -2.13. The molecule has 2 nitrogen and oxygen atoms in total. The zero-order valence-corrected chi connectivity index (χ0v) is 23.2. The van der Waals surface area contributed by atoms with Gasteiger partial charge in [-0.2, -0.15) is 0 Å². The van der Waals surface area contributed by atoms with Gasteiger partial charge in [-0.15, -0.1) is 0 Å². The second-order valence-corrected chi connectivity index (χ2v) is 11.2. The van der Waals surface area contributed by atoms with Crippen molar-refractivity contribution in [3.05, 3.63) is 0 Å². The number of aliphatic carboxylic acids is 1. The molecule has 1 unspecified atom stereocenters. The summed E-state index contributed by atoms with van der Waals surface area (Å²) in [6, 6.07) is 0. The van der Waals surface area contributed by atoms with Crippen LogP contribution in [0, 0.1) is 11.8 Å².